The molecule has 0 bridgehead atoms. The molecule has 0 unspecified atom stereocenters. The van der Waals surface area contributed by atoms with E-state index in [-0.39, 0.29) is 12.5 Å². The van der Waals surface area contributed by atoms with Crippen LogP contribution in [0.25, 0.3) is 10.1 Å². The molecule has 0 saturated heterocycles. The summed E-state index contributed by atoms with van der Waals surface area (Å²) in [7, 11) is -3.54. The van der Waals surface area contributed by atoms with Gasteiger partial charge in [-0.25, -0.2) is 0 Å². The zero-order valence-corrected chi connectivity index (χ0v) is 13.0. The van der Waals surface area contributed by atoms with Crippen molar-refractivity contribution in [3.63, 3.8) is 0 Å². The zero-order chi connectivity index (χ0) is 14.4. The Balaban J connectivity index is 1.78. The molecule has 0 amide bonds. The molecule has 0 saturated carbocycles. The number of thiophene rings is 1. The second-order valence-electron chi connectivity index (χ2n) is 4.45. The molecule has 0 spiro atoms. The van der Waals surface area contributed by atoms with Gasteiger partial charge in [-0.1, -0.05) is 19.1 Å². The van der Waals surface area contributed by atoms with Gasteiger partial charge in [-0.15, -0.1) is 11.3 Å². The minimum Gasteiger partial charge on any atom is -0.363 e. The van der Waals surface area contributed by atoms with Crippen LogP contribution in [0.5, 0.6) is 0 Å². The van der Waals surface area contributed by atoms with Crippen molar-refractivity contribution in [1.82, 2.24) is 0 Å². The standard InChI is InChI=1S/C14H18O4S2/c1-2-7-18-20(15,16)11-17-8-5-12-3-4-13-6-9-19-14(13)10-12/h3-4,6,9-10H,2,5,7-8,11H2,1H3. The van der Waals surface area contributed by atoms with Gasteiger partial charge in [0.2, 0.25) is 0 Å². The van der Waals surface area contributed by atoms with Crippen molar-refractivity contribution in [3.05, 3.63) is 35.2 Å². The number of fused-ring (bicyclic) bond motifs is 1. The van der Waals surface area contributed by atoms with Gasteiger partial charge < -0.3 is 4.74 Å². The Morgan fingerprint density at radius 3 is 2.85 bits per heavy atom. The molecule has 0 aliphatic carbocycles. The fourth-order valence-electron chi connectivity index (χ4n) is 1.75. The number of hydrogen-bond acceptors (Lipinski definition) is 5. The molecule has 1 aromatic carbocycles. The van der Waals surface area contributed by atoms with Gasteiger partial charge in [-0.2, -0.15) is 8.42 Å². The van der Waals surface area contributed by atoms with Crippen LogP contribution in [-0.4, -0.2) is 27.6 Å². The highest BCUT2D eigenvalue weighted by Gasteiger charge is 2.10. The molecule has 110 valence electrons. The summed E-state index contributed by atoms with van der Waals surface area (Å²) in [5, 5.41) is 3.29. The molecule has 20 heavy (non-hydrogen) atoms. The van der Waals surface area contributed by atoms with Crippen molar-refractivity contribution >= 4 is 31.5 Å². The quantitative estimate of drug-likeness (QED) is 0.555. The highest BCUT2D eigenvalue weighted by Crippen LogP contribution is 2.22. The number of benzene rings is 1. The van der Waals surface area contributed by atoms with E-state index in [0.717, 1.165) is 5.56 Å². The first kappa shape index (κ1) is 15.4. The molecule has 0 radical (unpaired) electrons. The summed E-state index contributed by atoms with van der Waals surface area (Å²) < 4.78 is 33.9. The summed E-state index contributed by atoms with van der Waals surface area (Å²) in [6.45, 7) is 2.43. The number of ether oxygens (including phenoxy) is 1. The van der Waals surface area contributed by atoms with Crippen LogP contribution in [0.3, 0.4) is 0 Å². The minimum absolute atomic E-state index is 0.209. The number of hydrogen-bond donors (Lipinski definition) is 0. The van der Waals surface area contributed by atoms with E-state index in [9.17, 15) is 8.42 Å². The largest absolute Gasteiger partial charge is 0.363 e. The van der Waals surface area contributed by atoms with Crippen LogP contribution in [0.15, 0.2) is 29.6 Å². The molecule has 6 heteroatoms. The van der Waals surface area contributed by atoms with Crippen LogP contribution in [0.2, 0.25) is 0 Å². The summed E-state index contributed by atoms with van der Waals surface area (Å²) in [5.41, 5.74) is 1.15. The van der Waals surface area contributed by atoms with Crippen LogP contribution >= 0.6 is 11.3 Å². The van der Waals surface area contributed by atoms with Crippen LogP contribution < -0.4 is 0 Å². The van der Waals surface area contributed by atoms with E-state index in [2.05, 4.69) is 23.6 Å². The van der Waals surface area contributed by atoms with Crippen molar-refractivity contribution in [3.8, 4) is 0 Å². The van der Waals surface area contributed by atoms with Gasteiger partial charge in [0.25, 0.3) is 10.1 Å². The third-order valence-electron chi connectivity index (χ3n) is 2.75. The summed E-state index contributed by atoms with van der Waals surface area (Å²) in [4.78, 5) is 0. The lowest BCUT2D eigenvalue weighted by atomic mass is 10.1. The lowest BCUT2D eigenvalue weighted by Gasteiger charge is -2.06. The van der Waals surface area contributed by atoms with Gasteiger partial charge in [0.15, 0.2) is 5.94 Å². The maximum atomic E-state index is 11.4. The molecule has 0 N–H and O–H groups in total. The SMILES string of the molecule is CCCOS(=O)(=O)COCCc1ccc2ccsc2c1. The average molecular weight is 314 g/mol. The van der Waals surface area contributed by atoms with E-state index in [4.69, 9.17) is 8.92 Å². The van der Waals surface area contributed by atoms with Gasteiger partial charge in [0.05, 0.1) is 13.2 Å². The van der Waals surface area contributed by atoms with Crippen LogP contribution in [0, 0.1) is 0 Å². The van der Waals surface area contributed by atoms with Gasteiger partial charge in [0, 0.05) is 4.70 Å². The first-order valence-corrected chi connectivity index (χ1v) is 8.97. The zero-order valence-electron chi connectivity index (χ0n) is 11.4. The molecular formula is C14H18O4S2. The molecule has 0 atom stereocenters. The van der Waals surface area contributed by atoms with Crippen molar-refractivity contribution in [1.29, 1.82) is 0 Å². The monoisotopic (exact) mass is 314 g/mol. The fraction of sp³-hybridized carbons (Fsp3) is 0.429. The van der Waals surface area contributed by atoms with Crippen molar-refractivity contribution in [2.75, 3.05) is 19.2 Å². The van der Waals surface area contributed by atoms with Crippen LogP contribution in [0.1, 0.15) is 18.9 Å². The summed E-state index contributed by atoms with van der Waals surface area (Å²) in [6, 6.07) is 8.31. The molecule has 0 aliphatic heterocycles. The minimum atomic E-state index is -3.54. The van der Waals surface area contributed by atoms with Gasteiger partial charge >= 0.3 is 0 Å². The Bertz CT molecular complexity index is 646. The predicted octanol–water partition coefficient (Wildman–Crippen LogP) is 3.17. The Morgan fingerprint density at radius 1 is 1.20 bits per heavy atom. The third kappa shape index (κ3) is 4.56. The van der Waals surface area contributed by atoms with E-state index in [0.29, 0.717) is 19.4 Å². The van der Waals surface area contributed by atoms with Crippen molar-refractivity contribution in [2.45, 2.75) is 19.8 Å². The highest BCUT2D eigenvalue weighted by molar-refractivity contribution is 7.86. The Labute approximate surface area is 123 Å². The lowest BCUT2D eigenvalue weighted by Crippen LogP contribution is -2.14. The smallest absolute Gasteiger partial charge is 0.291 e. The summed E-state index contributed by atoms with van der Waals surface area (Å²) in [6.07, 6.45) is 1.36. The summed E-state index contributed by atoms with van der Waals surface area (Å²) >= 11 is 1.70. The lowest BCUT2D eigenvalue weighted by molar-refractivity contribution is 0.166. The van der Waals surface area contributed by atoms with Gasteiger partial charge in [-0.3, -0.25) is 4.18 Å². The van der Waals surface area contributed by atoms with E-state index in [1.165, 1.54) is 10.1 Å². The number of rotatable bonds is 8. The molecule has 0 aliphatic rings. The second-order valence-corrected chi connectivity index (χ2v) is 6.98. The van der Waals surface area contributed by atoms with Gasteiger partial charge in [0.1, 0.15) is 0 Å². The Kier molecular flexibility index (Phi) is 5.54. The Morgan fingerprint density at radius 2 is 2.05 bits per heavy atom. The van der Waals surface area contributed by atoms with E-state index in [1.807, 2.05) is 13.0 Å². The van der Waals surface area contributed by atoms with Crippen molar-refractivity contribution < 1.29 is 17.3 Å². The molecule has 4 nitrogen and oxygen atoms in total. The first-order chi connectivity index (χ1) is 9.61. The normalized spacial score (nSPS) is 12.1. The molecule has 2 aromatic rings. The highest BCUT2D eigenvalue weighted by atomic mass is 32.2. The molecule has 2 rings (SSSR count). The topological polar surface area (TPSA) is 52.6 Å². The maximum Gasteiger partial charge on any atom is 0.291 e. The molecular weight excluding hydrogens is 296 g/mol. The fourth-order valence-corrected chi connectivity index (χ4v) is 3.41. The van der Waals surface area contributed by atoms with Gasteiger partial charge in [-0.05, 0) is 41.3 Å². The molecule has 1 heterocycles. The average Bonchev–Trinajstić information content (AvgIpc) is 2.89. The van der Waals surface area contributed by atoms with Crippen molar-refractivity contribution in [2.24, 2.45) is 0 Å². The first-order valence-electron chi connectivity index (χ1n) is 6.52. The maximum absolute atomic E-state index is 11.4. The Hall–Kier alpha value is -0.950. The second kappa shape index (κ2) is 7.17. The molecule has 0 fully saturated rings. The summed E-state index contributed by atoms with van der Waals surface area (Å²) in [5.74, 6) is -0.381. The van der Waals surface area contributed by atoms with Crippen LogP contribution in [0.4, 0.5) is 0 Å². The van der Waals surface area contributed by atoms with E-state index < -0.39 is 10.1 Å². The molecule has 1 aromatic heterocycles. The van der Waals surface area contributed by atoms with E-state index >= 15 is 0 Å². The third-order valence-corrected chi connectivity index (χ3v) is 4.61. The predicted molar refractivity (Wildman–Crippen MR) is 81.5 cm³/mol. The van der Waals surface area contributed by atoms with E-state index in [1.54, 1.807) is 11.3 Å². The van der Waals surface area contributed by atoms with Crippen LogP contribution in [-0.2, 0) is 25.5 Å².